The van der Waals surface area contributed by atoms with Crippen molar-refractivity contribution in [1.82, 2.24) is 14.7 Å². The van der Waals surface area contributed by atoms with Gasteiger partial charge in [0.1, 0.15) is 0 Å². The Morgan fingerprint density at radius 1 is 0.960 bits per heavy atom. The molecule has 0 aromatic carbocycles. The van der Waals surface area contributed by atoms with E-state index in [0.29, 0.717) is 16.5 Å². The molecule has 3 heteroatoms. The molecule has 3 aliphatic rings. The fourth-order valence-corrected chi connectivity index (χ4v) is 4.91. The maximum Gasteiger partial charge on any atom is 0.0432 e. The molecule has 0 unspecified atom stereocenters. The fraction of sp³-hybridized carbons (Fsp3) is 1.00. The van der Waals surface area contributed by atoms with Crippen molar-refractivity contribution in [3.8, 4) is 0 Å². The van der Waals surface area contributed by atoms with Crippen LogP contribution in [0, 0.1) is 11.3 Å². The second-order valence-electron chi connectivity index (χ2n) is 11.2. The first-order valence-corrected chi connectivity index (χ1v) is 10.7. The molecule has 0 atom stereocenters. The Morgan fingerprint density at radius 3 is 2.00 bits per heavy atom. The topological polar surface area (TPSA) is 9.72 Å². The molecular weight excluding hydrogens is 306 g/mol. The number of likely N-dealkylation sites (N-methyl/N-ethyl adjacent to an activating group) is 1. The van der Waals surface area contributed by atoms with Crippen molar-refractivity contribution in [2.75, 3.05) is 39.8 Å². The molecule has 2 saturated heterocycles. The van der Waals surface area contributed by atoms with Crippen LogP contribution in [0.5, 0.6) is 0 Å². The highest BCUT2D eigenvalue weighted by atomic mass is 15.4. The van der Waals surface area contributed by atoms with Crippen molar-refractivity contribution >= 4 is 0 Å². The number of likely N-dealkylation sites (tertiary alicyclic amines) is 2. The van der Waals surface area contributed by atoms with Crippen LogP contribution in [0.3, 0.4) is 0 Å². The third-order valence-electron chi connectivity index (χ3n) is 7.72. The van der Waals surface area contributed by atoms with E-state index in [1.54, 1.807) is 0 Å². The lowest BCUT2D eigenvalue weighted by Crippen LogP contribution is -2.71. The molecule has 0 spiro atoms. The second-order valence-corrected chi connectivity index (χ2v) is 11.2. The summed E-state index contributed by atoms with van der Waals surface area (Å²) in [6.07, 6.45) is 7.10. The van der Waals surface area contributed by atoms with Crippen LogP contribution in [-0.4, -0.2) is 71.6 Å². The van der Waals surface area contributed by atoms with Gasteiger partial charge in [0.05, 0.1) is 0 Å². The first kappa shape index (κ1) is 19.6. The van der Waals surface area contributed by atoms with Crippen LogP contribution in [0.2, 0.25) is 0 Å². The molecule has 1 aliphatic carbocycles. The minimum Gasteiger partial charge on any atom is -0.300 e. The minimum atomic E-state index is 0.315. The van der Waals surface area contributed by atoms with Crippen molar-refractivity contribution < 1.29 is 0 Å². The SMILES string of the molecule is CN(CCC(C)(C)C1CCN(C2CC2)CC1)C1(C)CN(C(C)(C)C)C1. The maximum atomic E-state index is 2.76. The summed E-state index contributed by atoms with van der Waals surface area (Å²) in [6.45, 7) is 20.9. The molecule has 3 nitrogen and oxygen atoms in total. The Bertz CT molecular complexity index is 446. The number of hydrogen-bond acceptors (Lipinski definition) is 3. The largest absolute Gasteiger partial charge is 0.300 e. The van der Waals surface area contributed by atoms with E-state index in [9.17, 15) is 0 Å². The quantitative estimate of drug-likeness (QED) is 0.715. The molecule has 0 bridgehead atoms. The smallest absolute Gasteiger partial charge is 0.0432 e. The van der Waals surface area contributed by atoms with Crippen LogP contribution in [0.15, 0.2) is 0 Å². The predicted molar refractivity (Wildman–Crippen MR) is 108 cm³/mol. The zero-order chi connectivity index (χ0) is 18.5. The zero-order valence-electron chi connectivity index (χ0n) is 18.1. The molecule has 3 rings (SSSR count). The number of nitrogens with zero attached hydrogens (tertiary/aromatic N) is 3. The van der Waals surface area contributed by atoms with Gasteiger partial charge >= 0.3 is 0 Å². The summed E-state index contributed by atoms with van der Waals surface area (Å²) in [5, 5.41) is 0. The van der Waals surface area contributed by atoms with Crippen LogP contribution >= 0.6 is 0 Å². The average Bonchev–Trinajstić information content (AvgIpc) is 3.33. The Hall–Kier alpha value is -0.120. The highest BCUT2D eigenvalue weighted by Gasteiger charge is 2.46. The summed E-state index contributed by atoms with van der Waals surface area (Å²) < 4.78 is 0. The molecule has 2 heterocycles. The molecule has 0 amide bonds. The zero-order valence-corrected chi connectivity index (χ0v) is 18.1. The summed E-state index contributed by atoms with van der Waals surface area (Å²) in [6, 6.07) is 0.958. The Balaban J connectivity index is 1.44. The number of hydrogen-bond donors (Lipinski definition) is 0. The lowest BCUT2D eigenvalue weighted by Gasteiger charge is -2.58. The number of piperidine rings is 1. The summed E-state index contributed by atoms with van der Waals surface area (Å²) in [5.41, 5.74) is 1.17. The van der Waals surface area contributed by atoms with E-state index < -0.39 is 0 Å². The van der Waals surface area contributed by atoms with Crippen molar-refractivity contribution in [3.63, 3.8) is 0 Å². The third-order valence-corrected chi connectivity index (χ3v) is 7.72. The van der Waals surface area contributed by atoms with E-state index >= 15 is 0 Å². The van der Waals surface area contributed by atoms with Gasteiger partial charge < -0.3 is 4.90 Å². The van der Waals surface area contributed by atoms with Crippen molar-refractivity contribution in [3.05, 3.63) is 0 Å². The molecule has 0 radical (unpaired) electrons. The summed E-state index contributed by atoms with van der Waals surface area (Å²) >= 11 is 0. The molecule has 2 aliphatic heterocycles. The van der Waals surface area contributed by atoms with Gasteiger partial charge in [-0.15, -0.1) is 0 Å². The monoisotopic (exact) mass is 349 g/mol. The van der Waals surface area contributed by atoms with Gasteiger partial charge in [-0.05, 0) is 97.8 Å². The van der Waals surface area contributed by atoms with Gasteiger partial charge in [0.25, 0.3) is 0 Å². The first-order valence-electron chi connectivity index (χ1n) is 10.7. The lowest BCUT2D eigenvalue weighted by atomic mass is 9.71. The van der Waals surface area contributed by atoms with Gasteiger partial charge in [-0.25, -0.2) is 0 Å². The molecule has 0 aromatic rings. The minimum absolute atomic E-state index is 0.315. The second kappa shape index (κ2) is 6.80. The molecule has 25 heavy (non-hydrogen) atoms. The van der Waals surface area contributed by atoms with Gasteiger partial charge in [0.15, 0.2) is 0 Å². The van der Waals surface area contributed by atoms with Crippen LogP contribution in [0.25, 0.3) is 0 Å². The lowest BCUT2D eigenvalue weighted by molar-refractivity contribution is -0.0785. The van der Waals surface area contributed by atoms with Gasteiger partial charge in [-0.2, -0.15) is 0 Å². The molecule has 146 valence electrons. The van der Waals surface area contributed by atoms with Crippen LogP contribution < -0.4 is 0 Å². The van der Waals surface area contributed by atoms with Crippen LogP contribution in [0.4, 0.5) is 0 Å². The molecular formula is C22H43N3. The van der Waals surface area contributed by atoms with Gasteiger partial charge in [0.2, 0.25) is 0 Å². The van der Waals surface area contributed by atoms with E-state index in [1.165, 1.54) is 64.8 Å². The van der Waals surface area contributed by atoms with Gasteiger partial charge in [-0.1, -0.05) is 13.8 Å². The number of rotatable bonds is 6. The van der Waals surface area contributed by atoms with Crippen molar-refractivity contribution in [2.45, 2.75) is 90.8 Å². The van der Waals surface area contributed by atoms with Crippen LogP contribution in [0.1, 0.15) is 73.6 Å². The molecule has 0 N–H and O–H groups in total. The molecule has 3 fully saturated rings. The Morgan fingerprint density at radius 2 is 1.52 bits per heavy atom. The van der Waals surface area contributed by atoms with Gasteiger partial charge in [0, 0.05) is 30.2 Å². The van der Waals surface area contributed by atoms with E-state index in [4.69, 9.17) is 0 Å². The normalized spacial score (nSPS) is 26.9. The fourth-order valence-electron chi connectivity index (χ4n) is 4.91. The summed E-state index contributed by atoms with van der Waals surface area (Å²) in [4.78, 5) is 8.02. The highest BCUT2D eigenvalue weighted by molar-refractivity contribution is 5.04. The van der Waals surface area contributed by atoms with Crippen molar-refractivity contribution in [2.24, 2.45) is 11.3 Å². The standard InChI is InChI=1S/C22H43N3/c1-20(2,3)25-16-22(6,17-25)23(7)15-12-21(4,5)18-10-13-24(14-11-18)19-8-9-19/h18-19H,8-17H2,1-7H3. The molecule has 1 saturated carbocycles. The third kappa shape index (κ3) is 4.42. The van der Waals surface area contributed by atoms with E-state index in [1.807, 2.05) is 0 Å². The summed E-state index contributed by atoms with van der Waals surface area (Å²) in [5.74, 6) is 0.913. The Kier molecular flexibility index (Phi) is 5.34. The van der Waals surface area contributed by atoms with Crippen molar-refractivity contribution in [1.29, 1.82) is 0 Å². The van der Waals surface area contributed by atoms with Crippen LogP contribution in [-0.2, 0) is 0 Å². The Labute approximate surface area is 157 Å². The van der Waals surface area contributed by atoms with Gasteiger partial charge in [-0.3, -0.25) is 9.80 Å². The average molecular weight is 350 g/mol. The molecule has 0 aromatic heterocycles. The predicted octanol–water partition coefficient (Wildman–Crippen LogP) is 4.08. The van der Waals surface area contributed by atoms with E-state index in [0.717, 1.165) is 12.0 Å². The summed E-state index contributed by atoms with van der Waals surface area (Å²) in [7, 11) is 2.35. The van der Waals surface area contributed by atoms with E-state index in [-0.39, 0.29) is 0 Å². The maximum absolute atomic E-state index is 2.76. The first-order chi connectivity index (χ1) is 11.5. The highest BCUT2D eigenvalue weighted by Crippen LogP contribution is 2.41. The van der Waals surface area contributed by atoms with E-state index in [2.05, 4.69) is 63.3 Å².